The minimum atomic E-state index is -0.0466. The Hall–Kier alpha value is 0.270. The van der Waals surface area contributed by atoms with Gasteiger partial charge in [-0.15, -0.1) is 0 Å². The van der Waals surface area contributed by atoms with Crippen LogP contribution in [0.1, 0.15) is 33.1 Å². The molecule has 2 aliphatic rings. The van der Waals surface area contributed by atoms with Gasteiger partial charge in [-0.2, -0.15) is 11.8 Å². The first-order chi connectivity index (χ1) is 7.18. The van der Waals surface area contributed by atoms with E-state index in [2.05, 4.69) is 30.9 Å². The summed E-state index contributed by atoms with van der Waals surface area (Å²) in [6, 6.07) is 0. The Kier molecular flexibility index (Phi) is 3.97. The smallest absolute Gasteiger partial charge is 0.116 e. The summed E-state index contributed by atoms with van der Waals surface area (Å²) in [6.07, 6.45) is 3.97. The van der Waals surface area contributed by atoms with Gasteiger partial charge in [0.2, 0.25) is 0 Å². The van der Waals surface area contributed by atoms with Gasteiger partial charge in [0, 0.05) is 6.54 Å². The van der Waals surface area contributed by atoms with Crippen molar-refractivity contribution in [3.63, 3.8) is 0 Å². The molecule has 0 aromatic heterocycles. The minimum absolute atomic E-state index is 0.0466. The van der Waals surface area contributed by atoms with Crippen LogP contribution in [0.5, 0.6) is 0 Å². The Morgan fingerprint density at radius 1 is 1.53 bits per heavy atom. The van der Waals surface area contributed by atoms with E-state index in [4.69, 9.17) is 4.74 Å². The van der Waals surface area contributed by atoms with Crippen LogP contribution in [-0.2, 0) is 4.74 Å². The highest BCUT2D eigenvalue weighted by Gasteiger charge is 2.33. The number of ether oxygens (including phenoxy) is 1. The molecule has 2 fully saturated rings. The molecule has 0 amide bonds. The Labute approximate surface area is 97.5 Å². The molecule has 0 aromatic rings. The van der Waals surface area contributed by atoms with E-state index < -0.39 is 0 Å². The normalized spacial score (nSPS) is 42.8. The number of hydrogen-bond donors (Lipinski definition) is 1. The van der Waals surface area contributed by atoms with Crippen LogP contribution in [0.25, 0.3) is 0 Å². The van der Waals surface area contributed by atoms with Crippen molar-refractivity contribution in [3.8, 4) is 0 Å². The van der Waals surface area contributed by atoms with E-state index in [1.807, 2.05) is 0 Å². The van der Waals surface area contributed by atoms with Crippen molar-refractivity contribution in [1.82, 2.24) is 5.32 Å². The van der Waals surface area contributed by atoms with Crippen molar-refractivity contribution in [2.75, 3.05) is 24.7 Å². The summed E-state index contributed by atoms with van der Waals surface area (Å²) in [5.41, 5.74) is -0.0466. The fourth-order valence-electron chi connectivity index (χ4n) is 2.48. The lowest BCUT2D eigenvalue weighted by atomic mass is 9.93. The van der Waals surface area contributed by atoms with E-state index >= 15 is 0 Å². The molecule has 2 nitrogen and oxygen atoms in total. The summed E-state index contributed by atoms with van der Waals surface area (Å²) >= 11 is 2.11. The Morgan fingerprint density at radius 3 is 3.00 bits per heavy atom. The third kappa shape index (κ3) is 3.36. The molecule has 88 valence electrons. The van der Waals surface area contributed by atoms with Crippen LogP contribution in [0, 0.1) is 11.8 Å². The second-order valence-electron chi connectivity index (χ2n) is 5.32. The maximum absolute atomic E-state index is 5.96. The molecule has 2 heterocycles. The largest absolute Gasteiger partial charge is 0.361 e. The van der Waals surface area contributed by atoms with Gasteiger partial charge in [-0.05, 0) is 49.5 Å². The molecule has 2 aliphatic heterocycles. The topological polar surface area (TPSA) is 21.3 Å². The molecule has 3 heteroatoms. The van der Waals surface area contributed by atoms with E-state index in [0.29, 0.717) is 5.92 Å². The zero-order chi connectivity index (χ0) is 10.7. The number of rotatable bonds is 2. The molecule has 3 unspecified atom stereocenters. The average molecular weight is 229 g/mol. The van der Waals surface area contributed by atoms with E-state index in [-0.39, 0.29) is 5.72 Å². The van der Waals surface area contributed by atoms with Gasteiger partial charge in [-0.25, -0.2) is 0 Å². The molecule has 0 spiro atoms. The fraction of sp³-hybridized carbons (Fsp3) is 1.00. The third-order valence-corrected chi connectivity index (χ3v) is 4.73. The summed E-state index contributed by atoms with van der Waals surface area (Å²) in [5.74, 6) is 4.21. The van der Waals surface area contributed by atoms with Crippen molar-refractivity contribution < 1.29 is 4.74 Å². The number of thioether (sulfide) groups is 1. The van der Waals surface area contributed by atoms with Crippen LogP contribution in [-0.4, -0.2) is 30.4 Å². The molecule has 15 heavy (non-hydrogen) atoms. The second kappa shape index (κ2) is 5.07. The van der Waals surface area contributed by atoms with Gasteiger partial charge < -0.3 is 4.74 Å². The van der Waals surface area contributed by atoms with Gasteiger partial charge in [0.25, 0.3) is 0 Å². The zero-order valence-corrected chi connectivity index (χ0v) is 10.7. The molecule has 0 aromatic carbocycles. The first-order valence-corrected chi connectivity index (χ1v) is 7.30. The molecule has 1 N–H and O–H groups in total. The Balaban J connectivity index is 1.81. The minimum Gasteiger partial charge on any atom is -0.361 e. The van der Waals surface area contributed by atoms with Gasteiger partial charge in [-0.1, -0.05) is 6.92 Å². The van der Waals surface area contributed by atoms with Gasteiger partial charge in [-0.3, -0.25) is 5.32 Å². The van der Waals surface area contributed by atoms with Crippen molar-refractivity contribution in [2.45, 2.75) is 38.8 Å². The standard InChI is InChI=1S/C12H23NOS/c1-10-7-13-12(2,14-8-10)6-11-4-3-5-15-9-11/h10-11,13H,3-9H2,1-2H3. The van der Waals surface area contributed by atoms with Crippen LogP contribution < -0.4 is 5.32 Å². The average Bonchev–Trinajstić information content (AvgIpc) is 2.24. The molecule has 0 aliphatic carbocycles. The van der Waals surface area contributed by atoms with Gasteiger partial charge in [0.15, 0.2) is 0 Å². The van der Waals surface area contributed by atoms with Crippen LogP contribution >= 0.6 is 11.8 Å². The monoisotopic (exact) mass is 229 g/mol. The lowest BCUT2D eigenvalue weighted by Crippen LogP contribution is -2.53. The predicted octanol–water partition coefficient (Wildman–Crippen LogP) is 2.49. The van der Waals surface area contributed by atoms with Gasteiger partial charge in [0.05, 0.1) is 6.61 Å². The highest BCUT2D eigenvalue weighted by molar-refractivity contribution is 7.99. The SMILES string of the molecule is CC1CNC(C)(CC2CCCSC2)OC1. The van der Waals surface area contributed by atoms with Crippen molar-refractivity contribution in [2.24, 2.45) is 11.8 Å². The lowest BCUT2D eigenvalue weighted by molar-refractivity contribution is -0.112. The summed E-state index contributed by atoms with van der Waals surface area (Å²) in [7, 11) is 0. The van der Waals surface area contributed by atoms with Crippen molar-refractivity contribution >= 4 is 11.8 Å². The molecule has 0 bridgehead atoms. The quantitative estimate of drug-likeness (QED) is 0.786. The molecule has 3 atom stereocenters. The molecule has 2 rings (SSSR count). The fourth-order valence-corrected chi connectivity index (χ4v) is 3.63. The highest BCUT2D eigenvalue weighted by Crippen LogP contribution is 2.31. The van der Waals surface area contributed by atoms with Crippen molar-refractivity contribution in [1.29, 1.82) is 0 Å². The lowest BCUT2D eigenvalue weighted by Gasteiger charge is -2.40. The zero-order valence-electron chi connectivity index (χ0n) is 9.92. The maximum Gasteiger partial charge on any atom is 0.116 e. The molecule has 0 saturated carbocycles. The van der Waals surface area contributed by atoms with E-state index in [0.717, 1.165) is 19.1 Å². The van der Waals surface area contributed by atoms with E-state index in [1.54, 1.807) is 0 Å². The first-order valence-electron chi connectivity index (χ1n) is 6.15. The first kappa shape index (κ1) is 11.7. The second-order valence-corrected chi connectivity index (χ2v) is 6.47. The van der Waals surface area contributed by atoms with Crippen LogP contribution in [0.15, 0.2) is 0 Å². The van der Waals surface area contributed by atoms with Crippen LogP contribution in [0.2, 0.25) is 0 Å². The van der Waals surface area contributed by atoms with Crippen LogP contribution in [0.4, 0.5) is 0 Å². The molecular formula is C12H23NOS. The summed E-state index contributed by atoms with van der Waals surface area (Å²) in [6.45, 7) is 6.49. The molecular weight excluding hydrogens is 206 g/mol. The third-order valence-electron chi connectivity index (χ3n) is 3.44. The summed E-state index contributed by atoms with van der Waals surface area (Å²) < 4.78 is 5.96. The van der Waals surface area contributed by atoms with Gasteiger partial charge in [0.1, 0.15) is 5.72 Å². The van der Waals surface area contributed by atoms with Gasteiger partial charge >= 0.3 is 0 Å². The maximum atomic E-state index is 5.96. The number of nitrogens with one attached hydrogen (secondary N) is 1. The molecule has 0 radical (unpaired) electrons. The summed E-state index contributed by atoms with van der Waals surface area (Å²) in [5, 5.41) is 3.56. The molecule has 2 saturated heterocycles. The van der Waals surface area contributed by atoms with E-state index in [1.165, 1.54) is 30.8 Å². The highest BCUT2D eigenvalue weighted by atomic mass is 32.2. The Morgan fingerprint density at radius 2 is 2.40 bits per heavy atom. The van der Waals surface area contributed by atoms with Crippen molar-refractivity contribution in [3.05, 3.63) is 0 Å². The number of hydrogen-bond acceptors (Lipinski definition) is 3. The van der Waals surface area contributed by atoms with E-state index in [9.17, 15) is 0 Å². The Bertz CT molecular complexity index is 196. The van der Waals surface area contributed by atoms with Crippen LogP contribution in [0.3, 0.4) is 0 Å². The summed E-state index contributed by atoms with van der Waals surface area (Å²) in [4.78, 5) is 0. The predicted molar refractivity (Wildman–Crippen MR) is 66.2 cm³/mol.